The zero-order valence-corrected chi connectivity index (χ0v) is 14.3. The molecule has 0 aliphatic carbocycles. The minimum absolute atomic E-state index is 0.167. The summed E-state index contributed by atoms with van der Waals surface area (Å²) in [5.74, 6) is 0.108. The van der Waals surface area contributed by atoms with E-state index in [2.05, 4.69) is 4.98 Å². The Labute approximate surface area is 141 Å². The molecular weight excluding hydrogens is 306 g/mol. The Hall–Kier alpha value is -2.82. The zero-order valence-electron chi connectivity index (χ0n) is 14.3. The maximum absolute atomic E-state index is 12.5. The summed E-state index contributed by atoms with van der Waals surface area (Å²) < 4.78 is 10.2. The highest BCUT2D eigenvalue weighted by Crippen LogP contribution is 2.21. The summed E-state index contributed by atoms with van der Waals surface area (Å²) in [6.07, 6.45) is 3.22. The van der Waals surface area contributed by atoms with Crippen LogP contribution < -0.4 is 4.74 Å². The van der Waals surface area contributed by atoms with Gasteiger partial charge in [-0.3, -0.25) is 4.79 Å². The van der Waals surface area contributed by atoms with E-state index < -0.39 is 5.97 Å². The first kappa shape index (κ1) is 17.5. The molecule has 0 aliphatic heterocycles. The lowest BCUT2D eigenvalue weighted by atomic mass is 10.0. The van der Waals surface area contributed by atoms with Crippen LogP contribution in [0.25, 0.3) is 6.08 Å². The van der Waals surface area contributed by atoms with Crippen LogP contribution in [0.4, 0.5) is 0 Å². The highest BCUT2D eigenvalue weighted by Gasteiger charge is 2.21. The molecule has 2 aromatic rings. The first-order valence-electron chi connectivity index (χ1n) is 7.70. The van der Waals surface area contributed by atoms with Crippen molar-refractivity contribution in [1.82, 2.24) is 4.98 Å². The zero-order chi connectivity index (χ0) is 17.7. The number of aromatic nitrogens is 1. The van der Waals surface area contributed by atoms with Crippen LogP contribution in [0.15, 0.2) is 30.3 Å². The third-order valence-corrected chi connectivity index (χ3v) is 3.68. The molecule has 0 fully saturated rings. The van der Waals surface area contributed by atoms with Crippen molar-refractivity contribution in [3.63, 3.8) is 0 Å². The molecule has 0 aliphatic rings. The molecule has 1 N–H and O–H groups in total. The first-order chi connectivity index (χ1) is 11.5. The quantitative estimate of drug-likeness (QED) is 0.499. The second-order valence-corrected chi connectivity index (χ2v) is 5.32. The fraction of sp³-hybridized carbons (Fsp3) is 0.263. The van der Waals surface area contributed by atoms with E-state index in [1.807, 2.05) is 24.3 Å². The second kappa shape index (κ2) is 7.64. The summed E-state index contributed by atoms with van der Waals surface area (Å²) >= 11 is 0. The number of ketones is 1. The van der Waals surface area contributed by atoms with E-state index in [0.29, 0.717) is 22.5 Å². The number of carbonyl (C=O) groups is 2. The van der Waals surface area contributed by atoms with Gasteiger partial charge in [0.15, 0.2) is 5.78 Å². The van der Waals surface area contributed by atoms with E-state index in [1.165, 1.54) is 6.08 Å². The number of allylic oxidation sites excluding steroid dienone is 1. The monoisotopic (exact) mass is 327 g/mol. The van der Waals surface area contributed by atoms with Gasteiger partial charge in [0.05, 0.1) is 13.7 Å². The maximum Gasteiger partial charge on any atom is 0.355 e. The fourth-order valence-corrected chi connectivity index (χ4v) is 2.53. The van der Waals surface area contributed by atoms with E-state index in [-0.39, 0.29) is 12.4 Å². The van der Waals surface area contributed by atoms with Crippen LogP contribution >= 0.6 is 0 Å². The number of ether oxygens (including phenoxy) is 2. The van der Waals surface area contributed by atoms with Crippen LogP contribution in [0.3, 0.4) is 0 Å². The lowest BCUT2D eigenvalue weighted by Crippen LogP contribution is -2.07. The minimum atomic E-state index is -0.450. The van der Waals surface area contributed by atoms with Crippen molar-refractivity contribution in [3.8, 4) is 5.75 Å². The predicted octanol–water partition coefficient (Wildman–Crippen LogP) is 3.71. The number of aromatic amines is 1. The Morgan fingerprint density at radius 2 is 2.00 bits per heavy atom. The van der Waals surface area contributed by atoms with Gasteiger partial charge in [-0.2, -0.15) is 0 Å². The number of hydrogen-bond acceptors (Lipinski definition) is 4. The summed E-state index contributed by atoms with van der Waals surface area (Å²) in [4.78, 5) is 27.4. The summed E-state index contributed by atoms with van der Waals surface area (Å²) in [7, 11) is 1.59. The van der Waals surface area contributed by atoms with Gasteiger partial charge in [-0.15, -0.1) is 0 Å². The molecular formula is C19H21NO4. The van der Waals surface area contributed by atoms with E-state index in [9.17, 15) is 9.59 Å². The maximum atomic E-state index is 12.5. The van der Waals surface area contributed by atoms with Gasteiger partial charge < -0.3 is 14.5 Å². The summed E-state index contributed by atoms with van der Waals surface area (Å²) in [6, 6.07) is 7.41. The molecule has 0 amide bonds. The lowest BCUT2D eigenvalue weighted by Gasteiger charge is -2.01. The number of methoxy groups -OCH3 is 1. The van der Waals surface area contributed by atoms with Crippen LogP contribution in [-0.2, 0) is 4.74 Å². The van der Waals surface area contributed by atoms with Crippen molar-refractivity contribution in [2.24, 2.45) is 0 Å². The average molecular weight is 327 g/mol. The summed E-state index contributed by atoms with van der Waals surface area (Å²) in [6.45, 7) is 5.53. The molecule has 5 nitrogen and oxygen atoms in total. The van der Waals surface area contributed by atoms with Crippen LogP contribution in [0.1, 0.15) is 44.6 Å². The number of benzene rings is 1. The molecule has 0 atom stereocenters. The van der Waals surface area contributed by atoms with Gasteiger partial charge in [0, 0.05) is 11.3 Å². The lowest BCUT2D eigenvalue weighted by molar-refractivity contribution is 0.0519. The number of nitrogens with one attached hydrogen (secondary N) is 1. The Morgan fingerprint density at radius 1 is 1.25 bits per heavy atom. The van der Waals surface area contributed by atoms with Crippen molar-refractivity contribution in [2.75, 3.05) is 13.7 Å². The molecule has 126 valence electrons. The van der Waals surface area contributed by atoms with Gasteiger partial charge in [0.25, 0.3) is 0 Å². The Bertz CT molecular complexity index is 787. The van der Waals surface area contributed by atoms with E-state index in [4.69, 9.17) is 9.47 Å². The van der Waals surface area contributed by atoms with Crippen molar-refractivity contribution >= 4 is 17.8 Å². The van der Waals surface area contributed by atoms with Gasteiger partial charge in [-0.1, -0.05) is 18.2 Å². The molecule has 0 radical (unpaired) electrons. The Morgan fingerprint density at radius 3 is 2.67 bits per heavy atom. The largest absolute Gasteiger partial charge is 0.497 e. The van der Waals surface area contributed by atoms with Crippen molar-refractivity contribution in [3.05, 3.63) is 58.4 Å². The SMILES string of the molecule is CCOC(=O)c1[nH]c(C)c(C(=O)C=Cc2cccc(OC)c2)c1C. The molecule has 1 heterocycles. The Balaban J connectivity index is 2.26. The second-order valence-electron chi connectivity index (χ2n) is 5.32. The number of esters is 1. The highest BCUT2D eigenvalue weighted by molar-refractivity contribution is 6.10. The Kier molecular flexibility index (Phi) is 5.58. The number of hydrogen-bond donors (Lipinski definition) is 1. The van der Waals surface area contributed by atoms with Gasteiger partial charge in [-0.05, 0) is 50.1 Å². The molecule has 24 heavy (non-hydrogen) atoms. The molecule has 1 aromatic carbocycles. The van der Waals surface area contributed by atoms with Crippen molar-refractivity contribution in [2.45, 2.75) is 20.8 Å². The minimum Gasteiger partial charge on any atom is -0.497 e. The summed E-state index contributed by atoms with van der Waals surface area (Å²) in [5.41, 5.74) is 2.94. The number of carbonyl (C=O) groups excluding carboxylic acids is 2. The number of aryl methyl sites for hydroxylation is 1. The molecule has 2 rings (SSSR count). The van der Waals surface area contributed by atoms with E-state index in [1.54, 1.807) is 34.0 Å². The van der Waals surface area contributed by atoms with E-state index >= 15 is 0 Å². The van der Waals surface area contributed by atoms with Crippen molar-refractivity contribution < 1.29 is 19.1 Å². The highest BCUT2D eigenvalue weighted by atomic mass is 16.5. The summed E-state index contributed by atoms with van der Waals surface area (Å²) in [5, 5.41) is 0. The van der Waals surface area contributed by atoms with Crippen LogP contribution in [0.2, 0.25) is 0 Å². The van der Waals surface area contributed by atoms with Crippen LogP contribution in [0.5, 0.6) is 5.75 Å². The molecule has 1 aromatic heterocycles. The molecule has 0 bridgehead atoms. The van der Waals surface area contributed by atoms with Gasteiger partial charge in [0.2, 0.25) is 0 Å². The fourth-order valence-electron chi connectivity index (χ4n) is 2.53. The first-order valence-corrected chi connectivity index (χ1v) is 7.70. The van der Waals surface area contributed by atoms with Crippen LogP contribution in [0, 0.1) is 13.8 Å². The molecule has 0 saturated carbocycles. The van der Waals surface area contributed by atoms with Gasteiger partial charge >= 0.3 is 5.97 Å². The molecule has 0 spiro atoms. The third kappa shape index (κ3) is 3.74. The topological polar surface area (TPSA) is 68.4 Å². The smallest absolute Gasteiger partial charge is 0.355 e. The van der Waals surface area contributed by atoms with Crippen LogP contribution in [-0.4, -0.2) is 30.5 Å². The molecule has 0 saturated heterocycles. The standard InChI is InChI=1S/C19H21NO4/c1-5-24-19(22)18-12(2)17(13(3)20-18)16(21)10-9-14-7-6-8-15(11-14)23-4/h6-11,20H,5H2,1-4H3. The third-order valence-electron chi connectivity index (χ3n) is 3.68. The van der Waals surface area contributed by atoms with Gasteiger partial charge in [0.1, 0.15) is 11.4 Å². The average Bonchev–Trinajstić information content (AvgIpc) is 2.88. The number of rotatable bonds is 6. The van der Waals surface area contributed by atoms with E-state index in [0.717, 1.165) is 11.3 Å². The van der Waals surface area contributed by atoms with Gasteiger partial charge in [-0.25, -0.2) is 4.79 Å². The number of H-pyrrole nitrogens is 1. The predicted molar refractivity (Wildman–Crippen MR) is 92.6 cm³/mol. The van der Waals surface area contributed by atoms with Crippen molar-refractivity contribution in [1.29, 1.82) is 0 Å². The normalized spacial score (nSPS) is 10.8. The molecule has 5 heteroatoms. The molecule has 0 unspecified atom stereocenters.